The second-order valence-electron chi connectivity index (χ2n) is 8.80. The molecule has 2 heterocycles. The molecule has 0 aromatic carbocycles. The molecule has 3 N–H and O–H groups in total. The molecule has 3 amide bonds. The van der Waals surface area contributed by atoms with Crippen molar-refractivity contribution in [2.45, 2.75) is 64.3 Å². The third-order valence-corrected chi connectivity index (χ3v) is 5.18. The predicted molar refractivity (Wildman–Crippen MR) is 117 cm³/mol. The van der Waals surface area contributed by atoms with Gasteiger partial charge in [0.05, 0.1) is 31.7 Å². The van der Waals surface area contributed by atoms with Crippen LogP contribution >= 0.6 is 0 Å². The molecule has 0 saturated carbocycles. The maximum absolute atomic E-state index is 12.9. The van der Waals surface area contributed by atoms with Crippen LogP contribution in [-0.4, -0.2) is 72.7 Å². The molecular formula is C22H31N5O7. The Labute approximate surface area is 197 Å². The highest BCUT2D eigenvalue weighted by atomic mass is 16.6. The first-order valence-corrected chi connectivity index (χ1v) is 10.9. The van der Waals surface area contributed by atoms with Crippen LogP contribution in [0.2, 0.25) is 0 Å². The fourth-order valence-corrected chi connectivity index (χ4v) is 3.22. The highest BCUT2D eigenvalue weighted by molar-refractivity contribution is 5.99. The number of aryl methyl sites for hydroxylation is 1. The number of nitrogens with zero attached hydrogens (tertiary/aromatic N) is 2. The molecule has 12 heteroatoms. The Morgan fingerprint density at radius 2 is 1.79 bits per heavy atom. The van der Waals surface area contributed by atoms with Crippen molar-refractivity contribution < 1.29 is 33.2 Å². The predicted octanol–water partition coefficient (Wildman–Crippen LogP) is 0.0152. The van der Waals surface area contributed by atoms with Crippen LogP contribution in [0, 0.1) is 24.2 Å². The summed E-state index contributed by atoms with van der Waals surface area (Å²) in [4.78, 5) is 50.9. The number of rotatable bonds is 13. The molecule has 34 heavy (non-hydrogen) atoms. The number of epoxide rings is 1. The normalized spacial score (nSPS) is 19.4. The maximum atomic E-state index is 12.9. The second-order valence-corrected chi connectivity index (χ2v) is 8.80. The lowest BCUT2D eigenvalue weighted by Gasteiger charge is -2.25. The number of hydrogen-bond acceptors (Lipinski definition) is 9. The standard InChI is InChI=1S/C22H31N5O7/c1-12(2)8-15(18(28)22(4)11-33-22)25-19(29)14(6-7-23)24-21(31)17(10-32-5)26-20(30)16-9-13(3)34-27-16/h9,12,14-15,17H,6,8,10-11H2,1-5H3,(H,24,31)(H,25,29)(H,26,30)/t14-,15-,17-,22?/m0/s1. The van der Waals surface area contributed by atoms with Crippen molar-refractivity contribution in [2.24, 2.45) is 5.92 Å². The quantitative estimate of drug-likeness (QED) is 0.330. The first-order valence-electron chi connectivity index (χ1n) is 10.9. The van der Waals surface area contributed by atoms with Gasteiger partial charge in [-0.3, -0.25) is 19.2 Å². The van der Waals surface area contributed by atoms with Gasteiger partial charge in [-0.1, -0.05) is 19.0 Å². The smallest absolute Gasteiger partial charge is 0.274 e. The van der Waals surface area contributed by atoms with Crippen molar-refractivity contribution in [3.63, 3.8) is 0 Å². The van der Waals surface area contributed by atoms with Crippen LogP contribution in [0.25, 0.3) is 0 Å². The Kier molecular flexibility index (Phi) is 9.28. The summed E-state index contributed by atoms with van der Waals surface area (Å²) in [6.07, 6.45) is 0.0281. The van der Waals surface area contributed by atoms with E-state index in [0.29, 0.717) is 12.2 Å². The molecular weight excluding hydrogens is 446 g/mol. The molecule has 1 aliphatic heterocycles. The van der Waals surface area contributed by atoms with Gasteiger partial charge in [-0.15, -0.1) is 0 Å². The molecule has 1 fully saturated rings. The van der Waals surface area contributed by atoms with Crippen LogP contribution in [0.5, 0.6) is 0 Å². The molecule has 1 aromatic heterocycles. The average Bonchev–Trinajstić information content (AvgIpc) is 3.37. The summed E-state index contributed by atoms with van der Waals surface area (Å²) in [5.74, 6) is -1.84. The summed E-state index contributed by atoms with van der Waals surface area (Å²) in [6, 6.07) is 0.00284. The van der Waals surface area contributed by atoms with Gasteiger partial charge in [0.2, 0.25) is 11.8 Å². The van der Waals surface area contributed by atoms with E-state index < -0.39 is 41.4 Å². The molecule has 0 aliphatic carbocycles. The van der Waals surface area contributed by atoms with E-state index in [1.54, 1.807) is 13.8 Å². The van der Waals surface area contributed by atoms with Gasteiger partial charge in [0.1, 0.15) is 23.4 Å². The van der Waals surface area contributed by atoms with Crippen molar-refractivity contribution in [1.29, 1.82) is 5.26 Å². The van der Waals surface area contributed by atoms with Crippen molar-refractivity contribution >= 4 is 23.5 Å². The summed E-state index contributed by atoms with van der Waals surface area (Å²) in [5.41, 5.74) is -0.961. The number of carbonyl (C=O) groups is 4. The number of aromatic nitrogens is 1. The van der Waals surface area contributed by atoms with E-state index in [0.717, 1.165) is 0 Å². The minimum absolute atomic E-state index is 0.0245. The highest BCUT2D eigenvalue weighted by Gasteiger charge is 2.50. The molecule has 4 atom stereocenters. The number of ether oxygens (including phenoxy) is 2. The Hall–Kier alpha value is -3.30. The number of methoxy groups -OCH3 is 1. The molecule has 12 nitrogen and oxygen atoms in total. The molecule has 0 spiro atoms. The van der Waals surface area contributed by atoms with Crippen LogP contribution in [0.3, 0.4) is 0 Å². The van der Waals surface area contributed by atoms with E-state index in [9.17, 15) is 24.4 Å². The van der Waals surface area contributed by atoms with Crippen molar-refractivity contribution in [1.82, 2.24) is 21.1 Å². The van der Waals surface area contributed by atoms with Crippen LogP contribution in [-0.2, 0) is 23.9 Å². The highest BCUT2D eigenvalue weighted by Crippen LogP contribution is 2.29. The monoisotopic (exact) mass is 477 g/mol. The summed E-state index contributed by atoms with van der Waals surface area (Å²) in [6.45, 7) is 7.16. The Morgan fingerprint density at radius 1 is 1.18 bits per heavy atom. The van der Waals surface area contributed by atoms with Gasteiger partial charge in [-0.2, -0.15) is 5.26 Å². The first-order chi connectivity index (χ1) is 16.0. The van der Waals surface area contributed by atoms with Gasteiger partial charge >= 0.3 is 0 Å². The lowest BCUT2D eigenvalue weighted by Crippen LogP contribution is -2.57. The lowest BCUT2D eigenvalue weighted by atomic mass is 9.93. The number of amides is 3. The minimum Gasteiger partial charge on any atom is -0.382 e. The average molecular weight is 478 g/mol. The first kappa shape index (κ1) is 26.9. The number of carbonyl (C=O) groups excluding carboxylic acids is 4. The fourth-order valence-electron chi connectivity index (χ4n) is 3.22. The van der Waals surface area contributed by atoms with Crippen molar-refractivity contribution in [2.75, 3.05) is 20.3 Å². The Morgan fingerprint density at radius 3 is 2.29 bits per heavy atom. The summed E-state index contributed by atoms with van der Waals surface area (Å²) < 4.78 is 15.1. The number of nitriles is 1. The van der Waals surface area contributed by atoms with Crippen molar-refractivity contribution in [3.05, 3.63) is 17.5 Å². The van der Waals surface area contributed by atoms with E-state index in [1.165, 1.54) is 13.2 Å². The molecule has 1 unspecified atom stereocenters. The third-order valence-electron chi connectivity index (χ3n) is 5.18. The van der Waals surface area contributed by atoms with Crippen LogP contribution < -0.4 is 16.0 Å². The summed E-state index contributed by atoms with van der Waals surface area (Å²) in [7, 11) is 1.34. The van der Waals surface area contributed by atoms with Gasteiger partial charge in [0.25, 0.3) is 5.91 Å². The van der Waals surface area contributed by atoms with E-state index in [-0.39, 0.29) is 37.0 Å². The van der Waals surface area contributed by atoms with Gasteiger partial charge in [0.15, 0.2) is 11.5 Å². The molecule has 186 valence electrons. The van der Waals surface area contributed by atoms with E-state index in [4.69, 9.17) is 14.0 Å². The molecule has 0 radical (unpaired) electrons. The van der Waals surface area contributed by atoms with Gasteiger partial charge in [-0.05, 0) is 26.2 Å². The van der Waals surface area contributed by atoms with Gasteiger partial charge in [0, 0.05) is 13.2 Å². The van der Waals surface area contributed by atoms with Crippen molar-refractivity contribution in [3.8, 4) is 6.07 Å². The molecule has 1 aromatic rings. The summed E-state index contributed by atoms with van der Waals surface area (Å²) in [5, 5.41) is 20.4. The third kappa shape index (κ3) is 7.36. The minimum atomic E-state index is -1.25. The fraction of sp³-hybridized carbons (Fsp3) is 0.636. The van der Waals surface area contributed by atoms with E-state index >= 15 is 0 Å². The zero-order valence-electron chi connectivity index (χ0n) is 20.0. The van der Waals surface area contributed by atoms with E-state index in [1.807, 2.05) is 19.9 Å². The zero-order chi connectivity index (χ0) is 25.5. The zero-order valence-corrected chi connectivity index (χ0v) is 20.0. The molecule has 2 rings (SSSR count). The topological polar surface area (TPSA) is 176 Å². The van der Waals surface area contributed by atoms with Crippen LogP contribution in [0.4, 0.5) is 0 Å². The number of nitrogens with one attached hydrogen (secondary N) is 3. The SMILES string of the molecule is COC[C@H](NC(=O)c1cc(C)on1)C(=O)N[C@@H](CC#N)C(=O)N[C@@H](CC(C)C)C(=O)C1(C)CO1. The Balaban J connectivity index is 2.09. The molecule has 0 bridgehead atoms. The van der Waals surface area contributed by atoms with Gasteiger partial charge < -0.3 is 29.9 Å². The Bertz CT molecular complexity index is 948. The van der Waals surface area contributed by atoms with Crippen LogP contribution in [0.1, 0.15) is 49.9 Å². The maximum Gasteiger partial charge on any atom is 0.274 e. The summed E-state index contributed by atoms with van der Waals surface area (Å²) >= 11 is 0. The number of Topliss-reactive ketones (excluding diaryl/α,β-unsaturated/α-hetero) is 1. The molecule has 1 aliphatic rings. The largest absolute Gasteiger partial charge is 0.382 e. The lowest BCUT2D eigenvalue weighted by molar-refractivity contribution is -0.133. The van der Waals surface area contributed by atoms with E-state index in [2.05, 4.69) is 21.1 Å². The number of hydrogen-bond donors (Lipinski definition) is 3. The molecule has 1 saturated heterocycles. The van der Waals surface area contributed by atoms with Gasteiger partial charge in [-0.25, -0.2) is 0 Å². The second kappa shape index (κ2) is 11.7. The number of ketones is 1. The van der Waals surface area contributed by atoms with Crippen LogP contribution in [0.15, 0.2) is 10.6 Å².